The minimum Gasteiger partial charge on any atom is -0.340 e. The van der Waals surface area contributed by atoms with Gasteiger partial charge in [-0.2, -0.15) is 10.5 Å². The molecule has 21 heavy (non-hydrogen) atoms. The zero-order valence-electron chi connectivity index (χ0n) is 12.2. The highest BCUT2D eigenvalue weighted by Crippen LogP contribution is 2.21. The molecular formula is C13H20N4O3S. The first kappa shape index (κ1) is 17.4. The molecule has 1 atom stereocenters. The van der Waals surface area contributed by atoms with Gasteiger partial charge in [0.15, 0.2) is 0 Å². The summed E-state index contributed by atoms with van der Waals surface area (Å²) in [5, 5.41) is 17.3. The van der Waals surface area contributed by atoms with Gasteiger partial charge in [0.25, 0.3) is 0 Å². The van der Waals surface area contributed by atoms with E-state index in [1.807, 2.05) is 12.1 Å². The lowest BCUT2D eigenvalue weighted by molar-refractivity contribution is -0.136. The number of hydrogen-bond acceptors (Lipinski definition) is 5. The molecule has 7 nitrogen and oxygen atoms in total. The van der Waals surface area contributed by atoms with E-state index >= 15 is 0 Å². The maximum absolute atomic E-state index is 12.5. The highest BCUT2D eigenvalue weighted by molar-refractivity contribution is 7.88. The highest BCUT2D eigenvalue weighted by Gasteiger charge is 2.32. The normalized spacial score (nSPS) is 19.5. The Hall–Kier alpha value is -1.64. The molecule has 1 saturated heterocycles. The first-order valence-electron chi connectivity index (χ1n) is 6.88. The molecule has 0 bridgehead atoms. The van der Waals surface area contributed by atoms with Crippen molar-refractivity contribution in [3.05, 3.63) is 0 Å². The lowest BCUT2D eigenvalue weighted by Gasteiger charge is -2.33. The largest absolute Gasteiger partial charge is 0.340 e. The first-order valence-corrected chi connectivity index (χ1v) is 8.72. The van der Waals surface area contributed by atoms with Gasteiger partial charge in [-0.3, -0.25) is 4.79 Å². The number of nitriles is 2. The van der Waals surface area contributed by atoms with Crippen LogP contribution < -0.4 is 0 Å². The van der Waals surface area contributed by atoms with E-state index in [0.29, 0.717) is 19.4 Å². The molecule has 1 amide bonds. The van der Waals surface area contributed by atoms with Crippen molar-refractivity contribution < 1.29 is 13.2 Å². The third-order valence-electron chi connectivity index (χ3n) is 3.50. The van der Waals surface area contributed by atoms with Gasteiger partial charge in [0.1, 0.15) is 0 Å². The van der Waals surface area contributed by atoms with Gasteiger partial charge in [-0.25, -0.2) is 12.7 Å². The van der Waals surface area contributed by atoms with Gasteiger partial charge in [0.2, 0.25) is 15.9 Å². The summed E-state index contributed by atoms with van der Waals surface area (Å²) in [6.07, 6.45) is 2.84. The van der Waals surface area contributed by atoms with Crippen LogP contribution in [0.15, 0.2) is 0 Å². The van der Waals surface area contributed by atoms with Crippen LogP contribution in [0.2, 0.25) is 0 Å². The van der Waals surface area contributed by atoms with Crippen LogP contribution in [0.4, 0.5) is 0 Å². The summed E-state index contributed by atoms with van der Waals surface area (Å²) in [6, 6.07) is 3.96. The standard InChI is InChI=1S/C13H20N4O3S/c1-21(19,20)17-10-2-5-12(11-17)13(18)16(8-3-6-14)9-4-7-15/h12H,2-5,8-11H2,1H3. The molecule has 1 unspecified atom stereocenters. The fourth-order valence-electron chi connectivity index (χ4n) is 2.41. The average molecular weight is 312 g/mol. The molecule has 1 fully saturated rings. The monoisotopic (exact) mass is 312 g/mol. The molecule has 8 heteroatoms. The summed E-state index contributed by atoms with van der Waals surface area (Å²) in [7, 11) is -3.29. The maximum atomic E-state index is 12.5. The molecule has 0 aromatic carbocycles. The van der Waals surface area contributed by atoms with E-state index in [4.69, 9.17) is 10.5 Å². The number of amides is 1. The van der Waals surface area contributed by atoms with Crippen LogP contribution in [0.25, 0.3) is 0 Å². The van der Waals surface area contributed by atoms with E-state index in [0.717, 1.165) is 6.26 Å². The van der Waals surface area contributed by atoms with Crippen LogP contribution in [-0.2, 0) is 14.8 Å². The fraction of sp³-hybridized carbons (Fsp3) is 0.769. The molecule has 1 aliphatic heterocycles. The third-order valence-corrected chi connectivity index (χ3v) is 4.77. The highest BCUT2D eigenvalue weighted by atomic mass is 32.2. The number of hydrogen-bond donors (Lipinski definition) is 0. The molecule has 1 aliphatic rings. The molecule has 0 radical (unpaired) electrons. The van der Waals surface area contributed by atoms with Crippen LogP contribution in [-0.4, -0.2) is 56.0 Å². The number of carbonyl (C=O) groups excluding carboxylic acids is 1. The molecule has 1 rings (SSSR count). The summed E-state index contributed by atoms with van der Waals surface area (Å²) in [4.78, 5) is 14.0. The van der Waals surface area contributed by atoms with E-state index in [2.05, 4.69) is 0 Å². The summed E-state index contributed by atoms with van der Waals surface area (Å²) in [5.74, 6) is -0.542. The van der Waals surface area contributed by atoms with Crippen molar-refractivity contribution in [2.45, 2.75) is 25.7 Å². The van der Waals surface area contributed by atoms with Crippen molar-refractivity contribution in [2.75, 3.05) is 32.4 Å². The lowest BCUT2D eigenvalue weighted by atomic mass is 9.98. The number of sulfonamides is 1. The third kappa shape index (κ3) is 5.33. The number of carbonyl (C=O) groups is 1. The van der Waals surface area contributed by atoms with Crippen LogP contribution in [0.1, 0.15) is 25.7 Å². The lowest BCUT2D eigenvalue weighted by Crippen LogP contribution is -2.46. The van der Waals surface area contributed by atoms with Gasteiger partial charge in [-0.15, -0.1) is 0 Å². The Morgan fingerprint density at radius 2 is 1.86 bits per heavy atom. The summed E-state index contributed by atoms with van der Waals surface area (Å²) >= 11 is 0. The average Bonchev–Trinajstić information content (AvgIpc) is 2.46. The second-order valence-corrected chi connectivity index (χ2v) is 7.08. The molecule has 0 aromatic rings. The van der Waals surface area contributed by atoms with Gasteiger partial charge in [0, 0.05) is 26.2 Å². The van der Waals surface area contributed by atoms with Gasteiger partial charge in [-0.05, 0) is 12.8 Å². The van der Waals surface area contributed by atoms with Crippen molar-refractivity contribution in [3.63, 3.8) is 0 Å². The molecule has 0 aliphatic carbocycles. The van der Waals surface area contributed by atoms with E-state index in [1.165, 1.54) is 9.21 Å². The first-order chi connectivity index (χ1) is 9.90. The molecule has 0 N–H and O–H groups in total. The number of nitrogens with zero attached hydrogens (tertiary/aromatic N) is 4. The number of piperidine rings is 1. The van der Waals surface area contributed by atoms with Gasteiger partial charge in [0.05, 0.1) is 37.2 Å². The van der Waals surface area contributed by atoms with Gasteiger partial charge < -0.3 is 4.90 Å². The number of rotatable bonds is 6. The predicted octanol–water partition coefficient (Wildman–Crippen LogP) is 0.314. The Bertz CT molecular complexity index is 529. The molecule has 116 valence electrons. The van der Waals surface area contributed by atoms with Crippen molar-refractivity contribution in [3.8, 4) is 12.1 Å². The van der Waals surface area contributed by atoms with Crippen LogP contribution >= 0.6 is 0 Å². The topological polar surface area (TPSA) is 105 Å². The molecule has 0 aromatic heterocycles. The zero-order chi connectivity index (χ0) is 15.9. The SMILES string of the molecule is CS(=O)(=O)N1CCCC(C(=O)N(CCC#N)CCC#N)C1. The van der Waals surface area contributed by atoms with Gasteiger partial charge in [-0.1, -0.05) is 0 Å². The van der Waals surface area contributed by atoms with Crippen molar-refractivity contribution in [1.82, 2.24) is 9.21 Å². The van der Waals surface area contributed by atoms with E-state index in [1.54, 1.807) is 0 Å². The predicted molar refractivity (Wildman–Crippen MR) is 76.2 cm³/mol. The Kier molecular flexibility index (Phi) is 6.60. The van der Waals surface area contributed by atoms with Crippen molar-refractivity contribution >= 4 is 15.9 Å². The Morgan fingerprint density at radius 1 is 1.29 bits per heavy atom. The minimum absolute atomic E-state index is 0.158. The van der Waals surface area contributed by atoms with E-state index < -0.39 is 10.0 Å². The molecular weight excluding hydrogens is 292 g/mol. The van der Waals surface area contributed by atoms with E-state index in [-0.39, 0.29) is 44.3 Å². The van der Waals surface area contributed by atoms with Crippen molar-refractivity contribution in [1.29, 1.82) is 10.5 Å². The minimum atomic E-state index is -3.29. The summed E-state index contributed by atoms with van der Waals surface area (Å²) < 4.78 is 24.5. The molecule has 0 saturated carbocycles. The summed E-state index contributed by atoms with van der Waals surface area (Å²) in [6.45, 7) is 1.20. The maximum Gasteiger partial charge on any atom is 0.227 e. The van der Waals surface area contributed by atoms with Crippen LogP contribution in [0.3, 0.4) is 0 Å². The molecule has 0 spiro atoms. The smallest absolute Gasteiger partial charge is 0.227 e. The second kappa shape index (κ2) is 7.96. The Balaban J connectivity index is 2.73. The van der Waals surface area contributed by atoms with Crippen LogP contribution in [0, 0.1) is 28.6 Å². The van der Waals surface area contributed by atoms with Gasteiger partial charge >= 0.3 is 0 Å². The molecule has 1 heterocycles. The van der Waals surface area contributed by atoms with Crippen molar-refractivity contribution in [2.24, 2.45) is 5.92 Å². The zero-order valence-corrected chi connectivity index (χ0v) is 13.0. The van der Waals surface area contributed by atoms with E-state index in [9.17, 15) is 13.2 Å². The second-order valence-electron chi connectivity index (χ2n) is 5.10. The summed E-state index contributed by atoms with van der Waals surface area (Å²) in [5.41, 5.74) is 0. The fourth-order valence-corrected chi connectivity index (χ4v) is 3.32. The Labute approximate surface area is 125 Å². The van der Waals surface area contributed by atoms with Crippen LogP contribution in [0.5, 0.6) is 0 Å². The Morgan fingerprint density at radius 3 is 2.33 bits per heavy atom. The quantitative estimate of drug-likeness (QED) is 0.702.